The van der Waals surface area contributed by atoms with E-state index in [0.717, 1.165) is 6.42 Å². The molecule has 0 heterocycles. The molecule has 0 aliphatic rings. The normalized spacial score (nSPS) is 11.2. The van der Waals surface area contributed by atoms with Gasteiger partial charge in [0.1, 0.15) is 0 Å². The van der Waals surface area contributed by atoms with Crippen molar-refractivity contribution in [2.75, 3.05) is 6.61 Å². The molecule has 1 aromatic rings. The molecule has 0 fully saturated rings. The number of aliphatic hydroxyl groups is 1. The lowest BCUT2D eigenvalue weighted by molar-refractivity contribution is -0.135. The van der Waals surface area contributed by atoms with Crippen molar-refractivity contribution in [3.8, 4) is 5.75 Å². The first-order valence-electron chi connectivity index (χ1n) is 8.14. The predicted octanol–water partition coefficient (Wildman–Crippen LogP) is 5.14. The van der Waals surface area contributed by atoms with Crippen molar-refractivity contribution < 1.29 is 36.6 Å². The van der Waals surface area contributed by atoms with Crippen LogP contribution in [0.4, 0.5) is 22.0 Å². The Balaban J connectivity index is 0.000000758. The van der Waals surface area contributed by atoms with Gasteiger partial charge >= 0.3 is 5.97 Å². The monoisotopic (exact) mass is 384 g/mol. The highest BCUT2D eigenvalue weighted by molar-refractivity contribution is 5.72. The van der Waals surface area contributed by atoms with Crippen molar-refractivity contribution in [3.63, 3.8) is 0 Å². The van der Waals surface area contributed by atoms with Crippen LogP contribution in [0.1, 0.15) is 53.9 Å². The van der Waals surface area contributed by atoms with E-state index in [4.69, 9.17) is 5.11 Å². The maximum atomic E-state index is 13.2. The number of esters is 1. The van der Waals surface area contributed by atoms with E-state index < -0.39 is 40.8 Å². The Morgan fingerprint density at radius 2 is 1.38 bits per heavy atom. The van der Waals surface area contributed by atoms with Crippen LogP contribution >= 0.6 is 0 Å². The number of ether oxygens (including phenoxy) is 1. The molecule has 150 valence electrons. The fourth-order valence-electron chi connectivity index (χ4n) is 1.58. The number of benzene rings is 1. The summed E-state index contributed by atoms with van der Waals surface area (Å²) in [7, 11) is 0. The number of halogens is 5. The number of hydrogen-bond acceptors (Lipinski definition) is 3. The lowest BCUT2D eigenvalue weighted by Gasteiger charge is -2.14. The molecule has 3 nitrogen and oxygen atoms in total. The molecule has 0 unspecified atom stereocenters. The molecule has 0 amide bonds. The first-order valence-corrected chi connectivity index (χ1v) is 8.14. The van der Waals surface area contributed by atoms with E-state index in [1.807, 2.05) is 0 Å². The second-order valence-corrected chi connectivity index (χ2v) is 7.34. The zero-order valence-electron chi connectivity index (χ0n) is 15.6. The van der Waals surface area contributed by atoms with Gasteiger partial charge in [-0.2, -0.15) is 8.78 Å². The summed E-state index contributed by atoms with van der Waals surface area (Å²) in [6.45, 7) is 10.2. The summed E-state index contributed by atoms with van der Waals surface area (Å²) in [4.78, 5) is 11.2. The van der Waals surface area contributed by atoms with Crippen LogP contribution in [0.25, 0.3) is 0 Å². The molecule has 1 rings (SSSR count). The van der Waals surface area contributed by atoms with Crippen LogP contribution in [-0.2, 0) is 4.79 Å². The Labute approximate surface area is 150 Å². The van der Waals surface area contributed by atoms with Crippen molar-refractivity contribution in [3.05, 3.63) is 29.1 Å². The molecule has 0 aromatic heterocycles. The van der Waals surface area contributed by atoms with E-state index in [1.54, 1.807) is 13.8 Å². The molecule has 8 heteroatoms. The zero-order chi connectivity index (χ0) is 20.7. The summed E-state index contributed by atoms with van der Waals surface area (Å²) < 4.78 is 68.9. The first kappa shape index (κ1) is 24.3. The van der Waals surface area contributed by atoms with E-state index in [9.17, 15) is 26.7 Å². The number of carbonyl (C=O) groups is 1. The largest absolute Gasteiger partial charge is 0.420 e. The Bertz CT molecular complexity index is 581. The smallest absolute Gasteiger partial charge is 0.311 e. The van der Waals surface area contributed by atoms with Crippen LogP contribution in [0.2, 0.25) is 0 Å². The van der Waals surface area contributed by atoms with E-state index >= 15 is 0 Å². The lowest BCUT2D eigenvalue weighted by atomic mass is 9.93. The van der Waals surface area contributed by atoms with Gasteiger partial charge in [0, 0.05) is 13.0 Å². The Morgan fingerprint density at radius 1 is 0.962 bits per heavy atom. The molecule has 0 atom stereocenters. The fraction of sp³-hybridized carbons (Fsp3) is 0.611. The maximum Gasteiger partial charge on any atom is 0.311 e. The number of aliphatic hydroxyl groups excluding tert-OH is 1. The first-order chi connectivity index (χ1) is 11.8. The van der Waals surface area contributed by atoms with Gasteiger partial charge in [0.25, 0.3) is 0 Å². The third-order valence-corrected chi connectivity index (χ3v) is 3.17. The molecule has 0 bridgehead atoms. The van der Waals surface area contributed by atoms with Gasteiger partial charge in [0.05, 0.1) is 0 Å². The third kappa shape index (κ3) is 8.12. The molecule has 0 aliphatic heterocycles. The Morgan fingerprint density at radius 3 is 1.69 bits per heavy atom. The molecule has 0 saturated heterocycles. The average Bonchev–Trinajstić information content (AvgIpc) is 2.52. The standard InChI is InChI=1S/C12H11F5O2.C6H14O/c1-5(2)3-4-6(18)19-12-10(16)8(14)7(13)9(15)11(12)17;1-6(2,3)4-5-7/h5H,3-4H2,1-2H3;7H,4-5H2,1-3H3. The van der Waals surface area contributed by atoms with E-state index in [-0.39, 0.29) is 12.3 Å². The lowest BCUT2D eigenvalue weighted by Crippen LogP contribution is -2.13. The average molecular weight is 384 g/mol. The van der Waals surface area contributed by atoms with Gasteiger partial charge in [-0.1, -0.05) is 34.6 Å². The summed E-state index contributed by atoms with van der Waals surface area (Å²) in [5.74, 6) is -13.4. The molecule has 0 spiro atoms. The highest BCUT2D eigenvalue weighted by Gasteiger charge is 2.28. The van der Waals surface area contributed by atoms with Crippen LogP contribution in [0.15, 0.2) is 0 Å². The van der Waals surface area contributed by atoms with Gasteiger partial charge in [-0.3, -0.25) is 4.79 Å². The van der Waals surface area contributed by atoms with Crippen LogP contribution in [0.5, 0.6) is 5.75 Å². The molecule has 26 heavy (non-hydrogen) atoms. The van der Waals surface area contributed by atoms with Crippen molar-refractivity contribution in [2.45, 2.75) is 53.9 Å². The second-order valence-electron chi connectivity index (χ2n) is 7.34. The van der Waals surface area contributed by atoms with Crippen molar-refractivity contribution in [1.82, 2.24) is 0 Å². The third-order valence-electron chi connectivity index (χ3n) is 3.17. The van der Waals surface area contributed by atoms with Gasteiger partial charge < -0.3 is 9.84 Å². The summed E-state index contributed by atoms with van der Waals surface area (Å²) in [6.07, 6.45) is 1.08. The predicted molar refractivity (Wildman–Crippen MR) is 87.1 cm³/mol. The quantitative estimate of drug-likeness (QED) is 0.251. The molecule has 0 radical (unpaired) electrons. The van der Waals surface area contributed by atoms with Crippen LogP contribution < -0.4 is 4.74 Å². The van der Waals surface area contributed by atoms with Gasteiger partial charge in [-0.15, -0.1) is 0 Å². The minimum Gasteiger partial charge on any atom is -0.420 e. The van der Waals surface area contributed by atoms with Crippen LogP contribution in [-0.4, -0.2) is 17.7 Å². The molecule has 1 N–H and O–H groups in total. The minimum atomic E-state index is -2.29. The Kier molecular flexibility index (Phi) is 9.77. The van der Waals surface area contributed by atoms with Gasteiger partial charge in [-0.25, -0.2) is 13.2 Å². The number of rotatable bonds is 5. The Hall–Kier alpha value is -1.70. The number of carbonyl (C=O) groups excluding carboxylic acids is 1. The number of hydrogen-bond donors (Lipinski definition) is 1. The maximum absolute atomic E-state index is 13.2. The van der Waals surface area contributed by atoms with Gasteiger partial charge in [-0.05, 0) is 24.2 Å². The van der Waals surface area contributed by atoms with E-state index in [1.165, 1.54) is 0 Å². The van der Waals surface area contributed by atoms with Gasteiger partial charge in [0.15, 0.2) is 0 Å². The van der Waals surface area contributed by atoms with Crippen molar-refractivity contribution >= 4 is 5.97 Å². The van der Waals surface area contributed by atoms with E-state index in [0.29, 0.717) is 18.4 Å². The van der Waals surface area contributed by atoms with Crippen LogP contribution in [0.3, 0.4) is 0 Å². The minimum absolute atomic E-state index is 0.129. The zero-order valence-corrected chi connectivity index (χ0v) is 15.6. The van der Waals surface area contributed by atoms with Crippen molar-refractivity contribution in [1.29, 1.82) is 0 Å². The van der Waals surface area contributed by atoms with Crippen LogP contribution in [0, 0.1) is 40.4 Å². The molecule has 0 saturated carbocycles. The molecule has 1 aromatic carbocycles. The SMILES string of the molecule is CC(C)(C)CCO.CC(C)CCC(=O)Oc1c(F)c(F)c(F)c(F)c1F. The fourth-order valence-corrected chi connectivity index (χ4v) is 1.58. The summed E-state index contributed by atoms with van der Waals surface area (Å²) >= 11 is 0. The van der Waals surface area contributed by atoms with Gasteiger partial charge in [0.2, 0.25) is 34.8 Å². The summed E-state index contributed by atoms with van der Waals surface area (Å²) in [5.41, 5.74) is 0.300. The highest BCUT2D eigenvalue weighted by atomic mass is 19.2. The molecule has 0 aliphatic carbocycles. The highest BCUT2D eigenvalue weighted by Crippen LogP contribution is 2.29. The molecular weight excluding hydrogens is 359 g/mol. The summed E-state index contributed by atoms with van der Waals surface area (Å²) in [6, 6.07) is 0. The second kappa shape index (κ2) is 10.4. The van der Waals surface area contributed by atoms with Crippen molar-refractivity contribution in [2.24, 2.45) is 11.3 Å². The molecular formula is C18H25F5O3. The van der Waals surface area contributed by atoms with E-state index in [2.05, 4.69) is 25.5 Å². The summed E-state index contributed by atoms with van der Waals surface area (Å²) in [5, 5.41) is 8.40. The topological polar surface area (TPSA) is 46.5 Å².